The molecule has 0 aliphatic carbocycles. The molecule has 2 N–H and O–H groups in total. The Hall–Kier alpha value is -2.63. The Kier molecular flexibility index (Phi) is 5.94. The number of hydrogen-bond donors (Lipinski definition) is 1. The zero-order valence-electron chi connectivity index (χ0n) is 16.2. The molecule has 1 aromatic heterocycles. The topological polar surface area (TPSA) is 60.5 Å². The second-order valence-electron chi connectivity index (χ2n) is 7.10. The van der Waals surface area contributed by atoms with Crippen LogP contribution in [0.4, 0.5) is 0 Å². The second-order valence-corrected chi connectivity index (χ2v) is 7.10. The number of fused-ring (bicyclic) bond motifs is 1. The Morgan fingerprint density at radius 3 is 2.59 bits per heavy atom. The van der Waals surface area contributed by atoms with Crippen molar-refractivity contribution in [2.24, 2.45) is 5.73 Å². The summed E-state index contributed by atoms with van der Waals surface area (Å²) >= 11 is 0. The number of benzene rings is 2. The van der Waals surface area contributed by atoms with Gasteiger partial charge in [0.25, 0.3) is 0 Å². The predicted octanol–water partition coefficient (Wildman–Crippen LogP) is 2.96. The monoisotopic (exact) mass is 365 g/mol. The normalized spacial score (nSPS) is 12.5. The number of hydrogen-bond acceptors (Lipinski definition) is 4. The molecular formula is C22H27N3O2. The molecule has 3 rings (SSSR count). The van der Waals surface area contributed by atoms with Crippen LogP contribution in [0.2, 0.25) is 0 Å². The number of likely N-dealkylation sites (N-methyl/N-ethyl adjacent to an activating group) is 1. The third-order valence-corrected chi connectivity index (χ3v) is 4.78. The van der Waals surface area contributed by atoms with Crippen molar-refractivity contribution in [2.45, 2.75) is 18.9 Å². The number of carbonyl (C=O) groups is 1. The summed E-state index contributed by atoms with van der Waals surface area (Å²) in [7, 11) is 5.74. The summed E-state index contributed by atoms with van der Waals surface area (Å²) in [6, 6.07) is 15.1. The van der Waals surface area contributed by atoms with E-state index in [1.54, 1.807) is 11.7 Å². The van der Waals surface area contributed by atoms with Crippen molar-refractivity contribution < 1.29 is 9.53 Å². The summed E-state index contributed by atoms with van der Waals surface area (Å²) in [4.78, 5) is 15.2. The van der Waals surface area contributed by atoms with E-state index in [2.05, 4.69) is 4.90 Å². The summed E-state index contributed by atoms with van der Waals surface area (Å²) in [5.41, 5.74) is 9.31. The lowest BCUT2D eigenvalue weighted by Crippen LogP contribution is -2.36. The van der Waals surface area contributed by atoms with E-state index < -0.39 is 6.04 Å². The Bertz CT molecular complexity index is 916. The van der Waals surface area contributed by atoms with Gasteiger partial charge in [0.1, 0.15) is 5.75 Å². The maximum atomic E-state index is 13.1. The van der Waals surface area contributed by atoms with Gasteiger partial charge in [-0.25, -0.2) is 0 Å². The predicted molar refractivity (Wildman–Crippen MR) is 109 cm³/mol. The molecule has 0 saturated heterocycles. The van der Waals surface area contributed by atoms with Crippen LogP contribution >= 0.6 is 0 Å². The fraction of sp³-hybridized carbons (Fsp3) is 0.318. The zero-order valence-corrected chi connectivity index (χ0v) is 16.2. The molecule has 0 bridgehead atoms. The molecular weight excluding hydrogens is 338 g/mol. The van der Waals surface area contributed by atoms with Gasteiger partial charge in [0.05, 0.1) is 18.7 Å². The molecule has 2 aromatic carbocycles. The molecule has 1 atom stereocenters. The molecule has 0 aliphatic rings. The molecule has 0 unspecified atom stereocenters. The van der Waals surface area contributed by atoms with Crippen molar-refractivity contribution in [1.29, 1.82) is 0 Å². The maximum absolute atomic E-state index is 13.1. The minimum absolute atomic E-state index is 0.0925. The zero-order chi connectivity index (χ0) is 19.4. The lowest BCUT2D eigenvalue weighted by molar-refractivity contribution is 0.0884. The third-order valence-electron chi connectivity index (χ3n) is 4.78. The third kappa shape index (κ3) is 4.38. The summed E-state index contributed by atoms with van der Waals surface area (Å²) in [6.45, 7) is 0.903. The van der Waals surface area contributed by atoms with E-state index >= 15 is 0 Å². The van der Waals surface area contributed by atoms with Gasteiger partial charge in [0, 0.05) is 18.1 Å². The molecule has 0 radical (unpaired) electrons. The summed E-state index contributed by atoms with van der Waals surface area (Å²) in [6.07, 6.45) is 3.30. The number of nitrogens with zero attached hydrogens (tertiary/aromatic N) is 2. The maximum Gasteiger partial charge on any atom is 0.248 e. The van der Waals surface area contributed by atoms with Crippen molar-refractivity contribution >= 4 is 16.8 Å². The Labute approximate surface area is 160 Å². The van der Waals surface area contributed by atoms with E-state index in [0.717, 1.165) is 40.7 Å². The van der Waals surface area contributed by atoms with Crippen molar-refractivity contribution in [3.05, 3.63) is 65.9 Å². The van der Waals surface area contributed by atoms with Crippen LogP contribution in [-0.2, 0) is 12.8 Å². The lowest BCUT2D eigenvalue weighted by atomic mass is 10.1. The van der Waals surface area contributed by atoms with Crippen LogP contribution in [-0.4, -0.2) is 49.2 Å². The average Bonchev–Trinajstić information content (AvgIpc) is 3.04. The van der Waals surface area contributed by atoms with Crippen LogP contribution in [0.1, 0.15) is 15.9 Å². The van der Waals surface area contributed by atoms with Gasteiger partial charge in [-0.2, -0.15) is 0 Å². The Balaban J connectivity index is 1.93. The minimum Gasteiger partial charge on any atom is -0.497 e. The second kappa shape index (κ2) is 8.37. The van der Waals surface area contributed by atoms with E-state index in [-0.39, 0.29) is 5.91 Å². The molecule has 1 heterocycles. The fourth-order valence-corrected chi connectivity index (χ4v) is 3.26. The number of ether oxygens (including phenoxy) is 1. The van der Waals surface area contributed by atoms with Gasteiger partial charge in [-0.05, 0) is 56.3 Å². The Morgan fingerprint density at radius 1 is 1.19 bits per heavy atom. The van der Waals surface area contributed by atoms with Crippen LogP contribution in [0.25, 0.3) is 10.9 Å². The number of carbonyl (C=O) groups excluding carboxylic acids is 1. The van der Waals surface area contributed by atoms with Gasteiger partial charge in [-0.3, -0.25) is 9.36 Å². The van der Waals surface area contributed by atoms with Gasteiger partial charge < -0.3 is 15.4 Å². The highest BCUT2D eigenvalue weighted by molar-refractivity contribution is 5.97. The summed E-state index contributed by atoms with van der Waals surface area (Å²) < 4.78 is 7.07. The first-order chi connectivity index (χ1) is 13.0. The van der Waals surface area contributed by atoms with Crippen LogP contribution in [0, 0.1) is 0 Å². The van der Waals surface area contributed by atoms with Gasteiger partial charge in [0.15, 0.2) is 0 Å². The van der Waals surface area contributed by atoms with Crippen molar-refractivity contribution in [1.82, 2.24) is 9.47 Å². The van der Waals surface area contributed by atoms with E-state index in [4.69, 9.17) is 10.5 Å². The molecule has 142 valence electrons. The van der Waals surface area contributed by atoms with E-state index in [1.807, 2.05) is 68.8 Å². The Morgan fingerprint density at radius 2 is 1.93 bits per heavy atom. The molecule has 5 nitrogen and oxygen atoms in total. The van der Waals surface area contributed by atoms with Crippen LogP contribution in [0.3, 0.4) is 0 Å². The highest BCUT2D eigenvalue weighted by Crippen LogP contribution is 2.27. The van der Waals surface area contributed by atoms with Crippen LogP contribution in [0.15, 0.2) is 54.7 Å². The van der Waals surface area contributed by atoms with Crippen LogP contribution in [0.5, 0.6) is 5.75 Å². The van der Waals surface area contributed by atoms with Crippen molar-refractivity contribution in [3.63, 3.8) is 0 Å². The summed E-state index contributed by atoms with van der Waals surface area (Å²) in [5.74, 6) is 0.692. The number of nitrogens with two attached hydrogens (primary N) is 1. The molecule has 0 amide bonds. The number of rotatable bonds is 7. The largest absolute Gasteiger partial charge is 0.497 e. The first-order valence-corrected chi connectivity index (χ1v) is 9.16. The van der Waals surface area contributed by atoms with Gasteiger partial charge >= 0.3 is 0 Å². The SMILES string of the molecule is COc1ccc2c(c1)c(CCN(C)C)cn2C(=O)[C@@H](N)Cc1ccccc1. The average molecular weight is 365 g/mol. The van der Waals surface area contributed by atoms with Gasteiger partial charge in [0.2, 0.25) is 5.91 Å². The standard InChI is InChI=1S/C22H27N3O2/c1-24(2)12-11-17-15-25(21-10-9-18(27-3)14-19(17)21)22(26)20(23)13-16-7-5-4-6-8-16/h4-10,14-15,20H,11-13,23H2,1-3H3/t20-/m0/s1. The van der Waals surface area contributed by atoms with Gasteiger partial charge in [-0.1, -0.05) is 30.3 Å². The van der Waals surface area contributed by atoms with E-state index in [1.165, 1.54) is 0 Å². The number of methoxy groups -OCH3 is 1. The van der Waals surface area contributed by atoms with Crippen LogP contribution < -0.4 is 10.5 Å². The first-order valence-electron chi connectivity index (χ1n) is 9.16. The van der Waals surface area contributed by atoms with Crippen molar-refractivity contribution in [3.8, 4) is 5.75 Å². The fourth-order valence-electron chi connectivity index (χ4n) is 3.26. The quantitative estimate of drug-likeness (QED) is 0.699. The summed E-state index contributed by atoms with van der Waals surface area (Å²) in [5, 5.41) is 1.04. The highest BCUT2D eigenvalue weighted by atomic mass is 16.5. The molecule has 0 spiro atoms. The lowest BCUT2D eigenvalue weighted by Gasteiger charge is -2.12. The molecule has 0 aliphatic heterocycles. The molecule has 27 heavy (non-hydrogen) atoms. The molecule has 3 aromatic rings. The smallest absolute Gasteiger partial charge is 0.248 e. The van der Waals surface area contributed by atoms with E-state index in [0.29, 0.717) is 6.42 Å². The molecule has 0 fully saturated rings. The minimum atomic E-state index is -0.591. The number of aromatic nitrogens is 1. The van der Waals surface area contributed by atoms with Crippen molar-refractivity contribution in [2.75, 3.05) is 27.7 Å². The highest BCUT2D eigenvalue weighted by Gasteiger charge is 2.20. The molecule has 5 heteroatoms. The van der Waals surface area contributed by atoms with Gasteiger partial charge in [-0.15, -0.1) is 0 Å². The van der Waals surface area contributed by atoms with E-state index in [9.17, 15) is 4.79 Å². The first kappa shape index (κ1) is 19.1. The molecule has 0 saturated carbocycles.